The Bertz CT molecular complexity index is 350. The minimum absolute atomic E-state index is 0.446. The Balaban J connectivity index is 2.00. The van der Waals surface area contributed by atoms with Crippen LogP contribution < -0.4 is 10.6 Å². The Morgan fingerprint density at radius 1 is 1.35 bits per heavy atom. The van der Waals surface area contributed by atoms with Gasteiger partial charge in [-0.3, -0.25) is 4.98 Å². The molecule has 0 atom stereocenters. The van der Waals surface area contributed by atoms with Gasteiger partial charge in [0.1, 0.15) is 0 Å². The molecule has 2 N–H and O–H groups in total. The standard InChI is InChI=1S/C12H20N4O/c1-17-9-10-2-6-16(7-3-10)12-11(8-13)14-4-5-15-12/h4-5,10H,2-3,6-9,13H2,1H3. The fourth-order valence-corrected chi connectivity index (χ4v) is 2.31. The van der Waals surface area contributed by atoms with Gasteiger partial charge >= 0.3 is 0 Å². The van der Waals surface area contributed by atoms with Gasteiger partial charge in [-0.05, 0) is 18.8 Å². The molecule has 0 spiro atoms. The quantitative estimate of drug-likeness (QED) is 0.837. The summed E-state index contributed by atoms with van der Waals surface area (Å²) >= 11 is 0. The smallest absolute Gasteiger partial charge is 0.151 e. The Kier molecular flexibility index (Phi) is 4.28. The molecule has 0 saturated carbocycles. The van der Waals surface area contributed by atoms with Gasteiger partial charge in [-0.25, -0.2) is 4.98 Å². The zero-order chi connectivity index (χ0) is 12.1. The molecule has 0 aromatic carbocycles. The maximum Gasteiger partial charge on any atom is 0.151 e. The number of aromatic nitrogens is 2. The molecule has 5 heteroatoms. The maximum atomic E-state index is 5.68. The minimum Gasteiger partial charge on any atom is -0.384 e. The number of hydrogen-bond acceptors (Lipinski definition) is 5. The highest BCUT2D eigenvalue weighted by Gasteiger charge is 2.21. The fourth-order valence-electron chi connectivity index (χ4n) is 2.31. The van der Waals surface area contributed by atoms with Crippen molar-refractivity contribution < 1.29 is 4.74 Å². The van der Waals surface area contributed by atoms with Gasteiger partial charge < -0.3 is 15.4 Å². The zero-order valence-corrected chi connectivity index (χ0v) is 10.3. The van der Waals surface area contributed by atoms with E-state index in [9.17, 15) is 0 Å². The zero-order valence-electron chi connectivity index (χ0n) is 10.3. The number of hydrogen-bond donors (Lipinski definition) is 1. The lowest BCUT2D eigenvalue weighted by atomic mass is 9.98. The summed E-state index contributed by atoms with van der Waals surface area (Å²) in [5.74, 6) is 1.63. The van der Waals surface area contributed by atoms with E-state index in [0.29, 0.717) is 12.5 Å². The summed E-state index contributed by atoms with van der Waals surface area (Å²) in [4.78, 5) is 10.9. The van der Waals surface area contributed by atoms with Crippen molar-refractivity contribution >= 4 is 5.82 Å². The summed E-state index contributed by atoms with van der Waals surface area (Å²) in [6, 6.07) is 0. The third-order valence-electron chi connectivity index (χ3n) is 3.26. The van der Waals surface area contributed by atoms with Crippen molar-refractivity contribution in [3.63, 3.8) is 0 Å². The Morgan fingerprint density at radius 3 is 2.71 bits per heavy atom. The number of nitrogens with zero attached hydrogens (tertiary/aromatic N) is 3. The van der Waals surface area contributed by atoms with Crippen LogP contribution in [0.5, 0.6) is 0 Å². The Labute approximate surface area is 102 Å². The van der Waals surface area contributed by atoms with Crippen LogP contribution in [0.2, 0.25) is 0 Å². The molecule has 0 radical (unpaired) electrons. The molecule has 1 aliphatic heterocycles. The average molecular weight is 236 g/mol. The monoisotopic (exact) mass is 236 g/mol. The molecule has 1 saturated heterocycles. The molecular weight excluding hydrogens is 216 g/mol. The van der Waals surface area contributed by atoms with Crippen LogP contribution in [0.15, 0.2) is 12.4 Å². The lowest BCUT2D eigenvalue weighted by Crippen LogP contribution is -2.36. The van der Waals surface area contributed by atoms with E-state index in [-0.39, 0.29) is 0 Å². The summed E-state index contributed by atoms with van der Waals surface area (Å²) in [6.45, 7) is 3.33. The number of ether oxygens (including phenoxy) is 1. The van der Waals surface area contributed by atoms with Crippen molar-refractivity contribution in [1.29, 1.82) is 0 Å². The van der Waals surface area contributed by atoms with Crippen molar-refractivity contribution in [2.24, 2.45) is 11.7 Å². The highest BCUT2D eigenvalue weighted by Crippen LogP contribution is 2.23. The van der Waals surface area contributed by atoms with Gasteiger partial charge in [0.25, 0.3) is 0 Å². The van der Waals surface area contributed by atoms with E-state index < -0.39 is 0 Å². The average Bonchev–Trinajstić information content (AvgIpc) is 2.40. The fraction of sp³-hybridized carbons (Fsp3) is 0.667. The van der Waals surface area contributed by atoms with Crippen LogP contribution in [0.3, 0.4) is 0 Å². The summed E-state index contributed by atoms with van der Waals surface area (Å²) in [6.07, 6.45) is 5.72. The topological polar surface area (TPSA) is 64.3 Å². The van der Waals surface area contributed by atoms with Gasteiger partial charge in [0.2, 0.25) is 0 Å². The first-order chi connectivity index (χ1) is 8.35. The van der Waals surface area contributed by atoms with Gasteiger partial charge in [-0.2, -0.15) is 0 Å². The third kappa shape index (κ3) is 2.92. The van der Waals surface area contributed by atoms with Crippen molar-refractivity contribution in [2.45, 2.75) is 19.4 Å². The van der Waals surface area contributed by atoms with Crippen LogP contribution in [-0.4, -0.2) is 36.8 Å². The second-order valence-electron chi connectivity index (χ2n) is 4.42. The van der Waals surface area contributed by atoms with Crippen LogP contribution >= 0.6 is 0 Å². The number of methoxy groups -OCH3 is 1. The molecule has 1 fully saturated rings. The summed E-state index contributed by atoms with van der Waals surface area (Å²) in [5, 5.41) is 0. The molecule has 0 aliphatic carbocycles. The Hall–Kier alpha value is -1.20. The van der Waals surface area contributed by atoms with E-state index in [1.165, 1.54) is 0 Å². The van der Waals surface area contributed by atoms with Crippen molar-refractivity contribution in [2.75, 3.05) is 31.7 Å². The molecule has 2 rings (SSSR count). The number of rotatable bonds is 4. The second kappa shape index (κ2) is 5.93. The van der Waals surface area contributed by atoms with Crippen LogP contribution in [0.4, 0.5) is 5.82 Å². The predicted molar refractivity (Wildman–Crippen MR) is 66.7 cm³/mol. The highest BCUT2D eigenvalue weighted by molar-refractivity contribution is 5.43. The normalized spacial score (nSPS) is 17.4. The van der Waals surface area contributed by atoms with E-state index in [2.05, 4.69) is 14.9 Å². The number of anilines is 1. The van der Waals surface area contributed by atoms with Gasteiger partial charge in [0.15, 0.2) is 5.82 Å². The third-order valence-corrected chi connectivity index (χ3v) is 3.26. The van der Waals surface area contributed by atoms with Crippen molar-refractivity contribution in [3.8, 4) is 0 Å². The lowest BCUT2D eigenvalue weighted by Gasteiger charge is -2.33. The Morgan fingerprint density at radius 2 is 2.06 bits per heavy atom. The SMILES string of the molecule is COCC1CCN(c2nccnc2CN)CC1. The first-order valence-electron chi connectivity index (χ1n) is 6.09. The molecule has 5 nitrogen and oxygen atoms in total. The molecule has 17 heavy (non-hydrogen) atoms. The van der Waals surface area contributed by atoms with Crippen molar-refractivity contribution in [3.05, 3.63) is 18.1 Å². The highest BCUT2D eigenvalue weighted by atomic mass is 16.5. The second-order valence-corrected chi connectivity index (χ2v) is 4.42. The van der Waals surface area contributed by atoms with E-state index in [1.807, 2.05) is 0 Å². The number of piperidine rings is 1. The van der Waals surface area contributed by atoms with Gasteiger partial charge in [-0.15, -0.1) is 0 Å². The van der Waals surface area contributed by atoms with E-state index in [0.717, 1.165) is 44.0 Å². The van der Waals surface area contributed by atoms with Crippen LogP contribution in [0.1, 0.15) is 18.5 Å². The molecule has 1 aromatic rings. The summed E-state index contributed by atoms with van der Waals surface area (Å²) < 4.78 is 5.20. The van der Waals surface area contributed by atoms with Crippen LogP contribution in [-0.2, 0) is 11.3 Å². The molecule has 94 valence electrons. The molecule has 1 aromatic heterocycles. The first-order valence-corrected chi connectivity index (χ1v) is 6.09. The lowest BCUT2D eigenvalue weighted by molar-refractivity contribution is 0.139. The molecule has 1 aliphatic rings. The van der Waals surface area contributed by atoms with Crippen LogP contribution in [0, 0.1) is 5.92 Å². The van der Waals surface area contributed by atoms with Gasteiger partial charge in [0, 0.05) is 45.7 Å². The maximum absolute atomic E-state index is 5.68. The van der Waals surface area contributed by atoms with Crippen LogP contribution in [0.25, 0.3) is 0 Å². The molecule has 0 bridgehead atoms. The predicted octanol–water partition coefficient (Wildman–Crippen LogP) is 0.798. The summed E-state index contributed by atoms with van der Waals surface area (Å²) in [5.41, 5.74) is 6.57. The van der Waals surface area contributed by atoms with Gasteiger partial charge in [-0.1, -0.05) is 0 Å². The van der Waals surface area contributed by atoms with E-state index in [1.54, 1.807) is 19.5 Å². The van der Waals surface area contributed by atoms with Crippen molar-refractivity contribution in [1.82, 2.24) is 9.97 Å². The molecular formula is C12H20N4O. The molecule has 0 amide bonds. The van der Waals surface area contributed by atoms with E-state index in [4.69, 9.17) is 10.5 Å². The first kappa shape index (κ1) is 12.3. The largest absolute Gasteiger partial charge is 0.384 e. The number of nitrogens with two attached hydrogens (primary N) is 1. The molecule has 2 heterocycles. The summed E-state index contributed by atoms with van der Waals surface area (Å²) in [7, 11) is 1.77. The van der Waals surface area contributed by atoms with E-state index >= 15 is 0 Å². The van der Waals surface area contributed by atoms with Gasteiger partial charge in [0.05, 0.1) is 5.69 Å². The molecule has 0 unspecified atom stereocenters. The minimum atomic E-state index is 0.446.